The molecule has 0 bridgehead atoms. The molecule has 1 atom stereocenters. The van der Waals surface area contributed by atoms with Gasteiger partial charge in [-0.15, -0.1) is 0 Å². The molecule has 0 aliphatic carbocycles. The van der Waals surface area contributed by atoms with Crippen molar-refractivity contribution in [2.24, 2.45) is 11.5 Å². The van der Waals surface area contributed by atoms with Gasteiger partial charge in [-0.2, -0.15) is 0 Å². The maximum absolute atomic E-state index is 6.18. The Morgan fingerprint density at radius 3 is 1.58 bits per heavy atom. The molecule has 2 nitrogen and oxygen atoms in total. The van der Waals surface area contributed by atoms with Crippen LogP contribution in [0.5, 0.6) is 0 Å². The van der Waals surface area contributed by atoms with Crippen LogP contribution in [0.15, 0.2) is 0 Å². The molecular formula is C10H24N2. The second kappa shape index (κ2) is 4.24. The predicted molar refractivity (Wildman–Crippen MR) is 55.0 cm³/mol. The largest absolute Gasteiger partial charge is 0.325 e. The zero-order valence-corrected chi connectivity index (χ0v) is 8.98. The molecule has 74 valence electrons. The molecule has 0 amide bonds. The van der Waals surface area contributed by atoms with Gasteiger partial charge in [0, 0.05) is 11.1 Å². The van der Waals surface area contributed by atoms with Gasteiger partial charge in [0.2, 0.25) is 0 Å². The summed E-state index contributed by atoms with van der Waals surface area (Å²) in [4.78, 5) is 0. The Morgan fingerprint density at radius 2 is 1.33 bits per heavy atom. The third-order valence-electron chi connectivity index (χ3n) is 2.97. The molecule has 0 rings (SSSR count). The first-order valence-corrected chi connectivity index (χ1v) is 4.97. The van der Waals surface area contributed by atoms with Crippen LogP contribution in [-0.4, -0.2) is 11.1 Å². The second-order valence-corrected chi connectivity index (χ2v) is 4.25. The Bertz CT molecular complexity index is 126. The number of hydrogen-bond acceptors (Lipinski definition) is 2. The molecule has 0 radical (unpaired) electrons. The van der Waals surface area contributed by atoms with E-state index in [0.29, 0.717) is 0 Å². The van der Waals surface area contributed by atoms with Gasteiger partial charge in [0.1, 0.15) is 0 Å². The highest BCUT2D eigenvalue weighted by Gasteiger charge is 2.29. The zero-order chi connectivity index (χ0) is 9.83. The Balaban J connectivity index is 4.20. The molecule has 1 unspecified atom stereocenters. The highest BCUT2D eigenvalue weighted by molar-refractivity contribution is 4.91. The van der Waals surface area contributed by atoms with Crippen LogP contribution in [-0.2, 0) is 0 Å². The van der Waals surface area contributed by atoms with Crippen LogP contribution in [0.2, 0.25) is 0 Å². The first kappa shape index (κ1) is 11.9. The van der Waals surface area contributed by atoms with Crippen molar-refractivity contribution >= 4 is 0 Å². The molecular weight excluding hydrogens is 148 g/mol. The topological polar surface area (TPSA) is 52.0 Å². The van der Waals surface area contributed by atoms with Crippen molar-refractivity contribution in [3.63, 3.8) is 0 Å². The van der Waals surface area contributed by atoms with Crippen LogP contribution in [0.1, 0.15) is 53.4 Å². The van der Waals surface area contributed by atoms with E-state index >= 15 is 0 Å². The van der Waals surface area contributed by atoms with E-state index in [-0.39, 0.29) is 11.1 Å². The second-order valence-electron chi connectivity index (χ2n) is 4.25. The summed E-state index contributed by atoms with van der Waals surface area (Å²) in [7, 11) is 0. The highest BCUT2D eigenvalue weighted by atomic mass is 14.8. The Labute approximate surface area is 76.7 Å². The van der Waals surface area contributed by atoms with Crippen LogP contribution in [0.3, 0.4) is 0 Å². The number of hydrogen-bond donors (Lipinski definition) is 2. The van der Waals surface area contributed by atoms with Crippen LogP contribution >= 0.6 is 0 Å². The first-order chi connectivity index (χ1) is 5.39. The fraction of sp³-hybridized carbons (Fsp3) is 1.00. The van der Waals surface area contributed by atoms with Crippen LogP contribution < -0.4 is 11.5 Å². The van der Waals surface area contributed by atoms with E-state index in [9.17, 15) is 0 Å². The van der Waals surface area contributed by atoms with E-state index in [2.05, 4.69) is 27.7 Å². The summed E-state index contributed by atoms with van der Waals surface area (Å²) in [6.07, 6.45) is 3.93. The van der Waals surface area contributed by atoms with Gasteiger partial charge in [0.15, 0.2) is 0 Å². The van der Waals surface area contributed by atoms with Crippen molar-refractivity contribution in [2.45, 2.75) is 64.5 Å². The van der Waals surface area contributed by atoms with E-state index in [4.69, 9.17) is 11.5 Å². The average molecular weight is 172 g/mol. The van der Waals surface area contributed by atoms with Gasteiger partial charge >= 0.3 is 0 Å². The summed E-state index contributed by atoms with van der Waals surface area (Å²) >= 11 is 0. The van der Waals surface area contributed by atoms with Crippen molar-refractivity contribution in [3.05, 3.63) is 0 Å². The fourth-order valence-electron chi connectivity index (χ4n) is 1.43. The summed E-state index contributed by atoms with van der Waals surface area (Å²) < 4.78 is 0. The smallest absolute Gasteiger partial charge is 0.0166 e. The summed E-state index contributed by atoms with van der Waals surface area (Å²) in [5.41, 5.74) is 12.1. The van der Waals surface area contributed by atoms with Gasteiger partial charge in [-0.25, -0.2) is 0 Å². The Hall–Kier alpha value is -0.0800. The number of rotatable bonds is 5. The maximum atomic E-state index is 6.18. The van der Waals surface area contributed by atoms with Gasteiger partial charge in [0.25, 0.3) is 0 Å². The lowest BCUT2D eigenvalue weighted by atomic mass is 9.79. The van der Waals surface area contributed by atoms with Gasteiger partial charge in [-0.05, 0) is 32.6 Å². The third kappa shape index (κ3) is 3.55. The van der Waals surface area contributed by atoms with Crippen LogP contribution in [0, 0.1) is 0 Å². The first-order valence-electron chi connectivity index (χ1n) is 4.97. The average Bonchev–Trinajstić information content (AvgIpc) is 2.04. The van der Waals surface area contributed by atoms with Crippen LogP contribution in [0.4, 0.5) is 0 Å². The molecule has 0 fully saturated rings. The molecule has 4 N–H and O–H groups in total. The lowest BCUT2D eigenvalue weighted by molar-refractivity contribution is 0.270. The molecule has 0 spiro atoms. The third-order valence-corrected chi connectivity index (χ3v) is 2.97. The molecule has 0 saturated carbocycles. The lowest BCUT2D eigenvalue weighted by Gasteiger charge is -2.35. The molecule has 2 heteroatoms. The van der Waals surface area contributed by atoms with Crippen molar-refractivity contribution in [1.29, 1.82) is 0 Å². The molecule has 0 aromatic carbocycles. The van der Waals surface area contributed by atoms with Gasteiger partial charge in [0.05, 0.1) is 0 Å². The molecule has 12 heavy (non-hydrogen) atoms. The standard InChI is InChI=1S/C10H24N2/c1-5-9(4,11)8-10(12,6-2)7-3/h5-8,11-12H2,1-4H3. The minimum absolute atomic E-state index is 0.0560. The van der Waals surface area contributed by atoms with Gasteiger partial charge < -0.3 is 11.5 Å². The summed E-state index contributed by atoms with van der Waals surface area (Å²) in [5, 5.41) is 0. The minimum Gasteiger partial charge on any atom is -0.325 e. The zero-order valence-electron chi connectivity index (χ0n) is 8.98. The summed E-state index contributed by atoms with van der Waals surface area (Å²) in [6.45, 7) is 8.47. The Kier molecular flexibility index (Phi) is 4.21. The molecule has 0 saturated heterocycles. The van der Waals surface area contributed by atoms with E-state index in [1.807, 2.05) is 0 Å². The van der Waals surface area contributed by atoms with Crippen molar-refractivity contribution in [3.8, 4) is 0 Å². The summed E-state index contributed by atoms with van der Waals surface area (Å²) in [5.74, 6) is 0. The SMILES string of the molecule is CCC(C)(N)CC(N)(CC)CC. The lowest BCUT2D eigenvalue weighted by Crippen LogP contribution is -2.49. The minimum atomic E-state index is -0.0965. The maximum Gasteiger partial charge on any atom is 0.0166 e. The van der Waals surface area contributed by atoms with E-state index < -0.39 is 0 Å². The van der Waals surface area contributed by atoms with Gasteiger partial charge in [-0.1, -0.05) is 20.8 Å². The Morgan fingerprint density at radius 1 is 0.917 bits per heavy atom. The van der Waals surface area contributed by atoms with Crippen molar-refractivity contribution in [1.82, 2.24) is 0 Å². The molecule has 0 heterocycles. The van der Waals surface area contributed by atoms with Crippen molar-refractivity contribution in [2.75, 3.05) is 0 Å². The van der Waals surface area contributed by atoms with E-state index in [1.54, 1.807) is 0 Å². The van der Waals surface area contributed by atoms with E-state index in [0.717, 1.165) is 25.7 Å². The highest BCUT2D eigenvalue weighted by Crippen LogP contribution is 2.24. The van der Waals surface area contributed by atoms with Gasteiger partial charge in [-0.3, -0.25) is 0 Å². The van der Waals surface area contributed by atoms with E-state index in [1.165, 1.54) is 0 Å². The molecule has 0 aromatic rings. The molecule has 0 aromatic heterocycles. The molecule has 0 aliphatic heterocycles. The van der Waals surface area contributed by atoms with Crippen LogP contribution in [0.25, 0.3) is 0 Å². The number of nitrogens with two attached hydrogens (primary N) is 2. The normalized spacial score (nSPS) is 17.5. The fourth-order valence-corrected chi connectivity index (χ4v) is 1.43. The predicted octanol–water partition coefficient (Wildman–Crippen LogP) is 2.02. The monoisotopic (exact) mass is 172 g/mol. The summed E-state index contributed by atoms with van der Waals surface area (Å²) in [6, 6.07) is 0. The quantitative estimate of drug-likeness (QED) is 0.666. The molecule has 0 aliphatic rings. The van der Waals surface area contributed by atoms with Crippen molar-refractivity contribution < 1.29 is 0 Å².